The summed E-state index contributed by atoms with van der Waals surface area (Å²) in [6, 6.07) is 18.4. The van der Waals surface area contributed by atoms with Crippen LogP contribution in [0.15, 0.2) is 60.8 Å². The van der Waals surface area contributed by atoms with E-state index in [9.17, 15) is 4.79 Å². The Labute approximate surface area is 165 Å². The van der Waals surface area contributed by atoms with Crippen molar-refractivity contribution >= 4 is 5.91 Å². The molecule has 0 radical (unpaired) electrons. The van der Waals surface area contributed by atoms with E-state index in [1.54, 1.807) is 0 Å². The number of carbonyl (C=O) groups excluding carboxylic acids is 1. The fraction of sp³-hybridized carbons (Fsp3) is 0.304. The molecule has 4 rings (SSSR count). The highest BCUT2D eigenvalue weighted by Crippen LogP contribution is 2.26. The van der Waals surface area contributed by atoms with Crippen molar-refractivity contribution in [3.05, 3.63) is 77.5 Å². The van der Waals surface area contributed by atoms with Crippen molar-refractivity contribution in [1.82, 2.24) is 14.7 Å². The predicted octanol–water partition coefficient (Wildman–Crippen LogP) is 3.33. The minimum Gasteiger partial charge on any atom is -0.338 e. The van der Waals surface area contributed by atoms with Gasteiger partial charge in [-0.3, -0.25) is 9.48 Å². The predicted molar refractivity (Wildman–Crippen MR) is 111 cm³/mol. The number of amides is 1. The van der Waals surface area contributed by atoms with Crippen molar-refractivity contribution in [2.24, 2.45) is 11.7 Å². The zero-order chi connectivity index (χ0) is 19.5. The molecule has 2 aromatic carbocycles. The Morgan fingerprint density at radius 3 is 2.57 bits per heavy atom. The fourth-order valence-corrected chi connectivity index (χ4v) is 3.73. The lowest BCUT2D eigenvalue weighted by atomic mass is 10.1. The molecule has 28 heavy (non-hydrogen) atoms. The average Bonchev–Trinajstić information content (AvgIpc) is 3.36. The van der Waals surface area contributed by atoms with Gasteiger partial charge in [0.2, 0.25) is 0 Å². The van der Waals surface area contributed by atoms with Crippen molar-refractivity contribution < 1.29 is 4.79 Å². The zero-order valence-corrected chi connectivity index (χ0v) is 16.2. The number of aromatic nitrogens is 2. The van der Waals surface area contributed by atoms with Crippen LogP contribution < -0.4 is 5.73 Å². The second-order valence-corrected chi connectivity index (χ2v) is 7.58. The molecule has 1 aliphatic heterocycles. The molecule has 2 N–H and O–H groups in total. The van der Waals surface area contributed by atoms with Gasteiger partial charge in [-0.15, -0.1) is 0 Å². The fourth-order valence-electron chi connectivity index (χ4n) is 3.73. The molecular formula is C23H26N4O. The number of likely N-dealkylation sites (tertiary alicyclic amines) is 1. The van der Waals surface area contributed by atoms with Crippen LogP contribution in [0.4, 0.5) is 0 Å². The van der Waals surface area contributed by atoms with Gasteiger partial charge in [-0.25, -0.2) is 0 Å². The summed E-state index contributed by atoms with van der Waals surface area (Å²) in [5.41, 5.74) is 10.5. The van der Waals surface area contributed by atoms with Crippen LogP contribution in [-0.4, -0.2) is 40.2 Å². The molecule has 0 saturated carbocycles. The van der Waals surface area contributed by atoms with Crippen molar-refractivity contribution in [2.75, 3.05) is 19.6 Å². The van der Waals surface area contributed by atoms with Crippen molar-refractivity contribution in [2.45, 2.75) is 19.9 Å². The first-order valence-corrected chi connectivity index (χ1v) is 9.82. The SMILES string of the molecule is Cc1ccc(-c2nn(Cc3ccccc3)cc2C(=O)N2CCC(CN)C2)cc1. The summed E-state index contributed by atoms with van der Waals surface area (Å²) in [6.45, 7) is 4.81. The van der Waals surface area contributed by atoms with Gasteiger partial charge in [0.25, 0.3) is 5.91 Å². The van der Waals surface area contributed by atoms with Crippen LogP contribution in [0.25, 0.3) is 11.3 Å². The van der Waals surface area contributed by atoms with E-state index in [2.05, 4.69) is 31.2 Å². The van der Waals surface area contributed by atoms with E-state index in [1.165, 1.54) is 5.56 Å². The molecule has 1 atom stereocenters. The maximum absolute atomic E-state index is 13.3. The molecule has 0 spiro atoms. The molecule has 3 aromatic rings. The summed E-state index contributed by atoms with van der Waals surface area (Å²) in [5.74, 6) is 0.442. The average molecular weight is 374 g/mol. The summed E-state index contributed by atoms with van der Waals surface area (Å²) in [5, 5.41) is 4.78. The Morgan fingerprint density at radius 2 is 1.89 bits per heavy atom. The summed E-state index contributed by atoms with van der Waals surface area (Å²) < 4.78 is 1.87. The van der Waals surface area contributed by atoms with Gasteiger partial charge in [0.1, 0.15) is 5.69 Å². The number of hydrogen-bond donors (Lipinski definition) is 1. The molecule has 0 aliphatic carbocycles. The molecule has 0 bridgehead atoms. The van der Waals surface area contributed by atoms with Crippen LogP contribution in [0.2, 0.25) is 0 Å². The van der Waals surface area contributed by atoms with Crippen LogP contribution in [0.3, 0.4) is 0 Å². The summed E-state index contributed by atoms with van der Waals surface area (Å²) in [6.07, 6.45) is 2.86. The number of aryl methyl sites for hydroxylation is 1. The molecule has 2 heterocycles. The quantitative estimate of drug-likeness (QED) is 0.745. The van der Waals surface area contributed by atoms with Crippen molar-refractivity contribution in [1.29, 1.82) is 0 Å². The molecule has 1 fully saturated rings. The van der Waals surface area contributed by atoms with Gasteiger partial charge in [0.05, 0.1) is 12.1 Å². The Balaban J connectivity index is 1.68. The molecule has 1 amide bonds. The van der Waals surface area contributed by atoms with Crippen molar-refractivity contribution in [3.63, 3.8) is 0 Å². The van der Waals surface area contributed by atoms with E-state index in [4.69, 9.17) is 10.8 Å². The monoisotopic (exact) mass is 374 g/mol. The van der Waals surface area contributed by atoms with Crippen LogP contribution >= 0.6 is 0 Å². The molecule has 5 heteroatoms. The largest absolute Gasteiger partial charge is 0.338 e. The van der Waals surface area contributed by atoms with Crippen LogP contribution in [0.5, 0.6) is 0 Å². The lowest BCUT2D eigenvalue weighted by molar-refractivity contribution is 0.0788. The molecule has 1 aromatic heterocycles. The van der Waals surface area contributed by atoms with Crippen LogP contribution in [-0.2, 0) is 6.54 Å². The first kappa shape index (κ1) is 18.4. The summed E-state index contributed by atoms with van der Waals surface area (Å²) in [4.78, 5) is 15.2. The summed E-state index contributed by atoms with van der Waals surface area (Å²) in [7, 11) is 0. The maximum atomic E-state index is 13.3. The molecule has 1 saturated heterocycles. The van der Waals surface area contributed by atoms with E-state index < -0.39 is 0 Å². The van der Waals surface area contributed by atoms with E-state index in [1.807, 2.05) is 46.1 Å². The van der Waals surface area contributed by atoms with Gasteiger partial charge in [-0.05, 0) is 31.4 Å². The Kier molecular flexibility index (Phi) is 5.26. The van der Waals surface area contributed by atoms with Gasteiger partial charge in [0.15, 0.2) is 0 Å². The van der Waals surface area contributed by atoms with Gasteiger partial charge >= 0.3 is 0 Å². The first-order chi connectivity index (χ1) is 13.6. The number of benzene rings is 2. The third-order valence-electron chi connectivity index (χ3n) is 5.41. The number of carbonyl (C=O) groups is 1. The molecular weight excluding hydrogens is 348 g/mol. The minimum atomic E-state index is 0.0471. The van der Waals surface area contributed by atoms with E-state index in [-0.39, 0.29) is 5.91 Å². The maximum Gasteiger partial charge on any atom is 0.257 e. The van der Waals surface area contributed by atoms with Gasteiger partial charge in [0, 0.05) is 24.8 Å². The third kappa shape index (κ3) is 3.85. The Hall–Kier alpha value is -2.92. The standard InChI is InChI=1S/C23H26N4O/c1-17-7-9-20(10-8-17)22-21(23(28)26-12-11-19(13-24)14-26)16-27(25-22)15-18-5-3-2-4-6-18/h2-10,16,19H,11-15,24H2,1H3. The van der Waals surface area contributed by atoms with Gasteiger partial charge in [-0.2, -0.15) is 5.10 Å². The van der Waals surface area contributed by atoms with Crippen LogP contribution in [0.1, 0.15) is 27.9 Å². The van der Waals surface area contributed by atoms with E-state index in [0.29, 0.717) is 24.6 Å². The van der Waals surface area contributed by atoms with E-state index in [0.717, 1.165) is 36.3 Å². The molecule has 5 nitrogen and oxygen atoms in total. The van der Waals surface area contributed by atoms with Crippen molar-refractivity contribution in [3.8, 4) is 11.3 Å². The summed E-state index contributed by atoms with van der Waals surface area (Å²) >= 11 is 0. The third-order valence-corrected chi connectivity index (χ3v) is 5.41. The van der Waals surface area contributed by atoms with Gasteiger partial charge < -0.3 is 10.6 Å². The highest BCUT2D eigenvalue weighted by Gasteiger charge is 2.29. The topological polar surface area (TPSA) is 64.2 Å². The second kappa shape index (κ2) is 7.98. The van der Waals surface area contributed by atoms with Gasteiger partial charge in [-0.1, -0.05) is 60.2 Å². The number of hydrogen-bond acceptors (Lipinski definition) is 3. The molecule has 144 valence electrons. The highest BCUT2D eigenvalue weighted by molar-refractivity contribution is 6.00. The minimum absolute atomic E-state index is 0.0471. The first-order valence-electron chi connectivity index (χ1n) is 9.82. The lowest BCUT2D eigenvalue weighted by Gasteiger charge is -2.16. The second-order valence-electron chi connectivity index (χ2n) is 7.58. The lowest BCUT2D eigenvalue weighted by Crippen LogP contribution is -2.30. The molecule has 1 unspecified atom stereocenters. The zero-order valence-electron chi connectivity index (χ0n) is 16.2. The number of nitrogens with two attached hydrogens (primary N) is 1. The van der Waals surface area contributed by atoms with E-state index >= 15 is 0 Å². The Bertz CT molecular complexity index is 946. The number of nitrogens with zero attached hydrogens (tertiary/aromatic N) is 3. The highest BCUT2D eigenvalue weighted by atomic mass is 16.2. The van der Waals surface area contributed by atoms with Crippen LogP contribution in [0, 0.1) is 12.8 Å². The number of rotatable bonds is 5. The Morgan fingerprint density at radius 1 is 1.14 bits per heavy atom. The molecule has 1 aliphatic rings. The smallest absolute Gasteiger partial charge is 0.257 e. The normalized spacial score (nSPS) is 16.5.